The second-order valence-electron chi connectivity index (χ2n) is 8.00. The van der Waals surface area contributed by atoms with E-state index in [0.717, 1.165) is 4.90 Å². The van der Waals surface area contributed by atoms with Crippen molar-refractivity contribution in [3.8, 4) is 5.75 Å². The highest BCUT2D eigenvalue weighted by molar-refractivity contribution is 5.92. The Bertz CT molecular complexity index is 1300. The predicted molar refractivity (Wildman–Crippen MR) is 124 cm³/mol. The molecule has 37 heavy (non-hydrogen) atoms. The Morgan fingerprint density at radius 2 is 1.38 bits per heavy atom. The number of hydrogen-bond donors (Lipinski definition) is 1. The summed E-state index contributed by atoms with van der Waals surface area (Å²) in [5, 5.41) is 13.6. The van der Waals surface area contributed by atoms with Crippen LogP contribution in [-0.2, 0) is 4.79 Å². The molecule has 0 aromatic heterocycles. The summed E-state index contributed by atoms with van der Waals surface area (Å²) in [5.41, 5.74) is -0.0664. The fourth-order valence-electron chi connectivity index (χ4n) is 3.89. The molecule has 0 atom stereocenters. The zero-order valence-electron chi connectivity index (χ0n) is 19.0. The van der Waals surface area contributed by atoms with E-state index >= 15 is 0 Å². The molecule has 1 heterocycles. The third-order valence-electron chi connectivity index (χ3n) is 5.72. The van der Waals surface area contributed by atoms with Gasteiger partial charge in [-0.05, 0) is 30.3 Å². The van der Waals surface area contributed by atoms with E-state index in [1.807, 2.05) is 4.90 Å². The first-order valence-electron chi connectivity index (χ1n) is 10.9. The molecule has 8 nitrogen and oxygen atoms in total. The summed E-state index contributed by atoms with van der Waals surface area (Å²) in [5.74, 6) is -10.5. The maximum Gasteiger partial charge on any atom is 0.310 e. The Balaban J connectivity index is 1.33. The maximum absolute atomic E-state index is 14.1. The zero-order valence-corrected chi connectivity index (χ0v) is 19.0. The van der Waals surface area contributed by atoms with Gasteiger partial charge in [-0.15, -0.1) is 0 Å². The van der Waals surface area contributed by atoms with Gasteiger partial charge in [0.2, 0.25) is 5.82 Å². The quantitative estimate of drug-likeness (QED) is 0.160. The lowest BCUT2D eigenvalue weighted by Gasteiger charge is -2.37. The van der Waals surface area contributed by atoms with Crippen LogP contribution in [0.3, 0.4) is 0 Å². The van der Waals surface area contributed by atoms with E-state index in [1.54, 1.807) is 30.3 Å². The second-order valence-corrected chi connectivity index (χ2v) is 8.00. The lowest BCUT2D eigenvalue weighted by molar-refractivity contribution is -0.385. The Hall–Kier alpha value is -4.42. The molecule has 0 aliphatic carbocycles. The van der Waals surface area contributed by atoms with Gasteiger partial charge in [0.15, 0.2) is 35.6 Å². The molecule has 1 saturated heterocycles. The summed E-state index contributed by atoms with van der Waals surface area (Å²) in [6.07, 6.45) is 0. The molecule has 3 aromatic carbocycles. The van der Waals surface area contributed by atoms with Gasteiger partial charge in [0.05, 0.1) is 4.92 Å². The number of carbonyl (C=O) groups excluding carboxylic acids is 1. The number of hydrogen-bond acceptors (Lipinski definition) is 6. The van der Waals surface area contributed by atoms with Crippen LogP contribution in [0.15, 0.2) is 48.5 Å². The summed E-state index contributed by atoms with van der Waals surface area (Å²) in [4.78, 5) is 25.6. The number of carbonyl (C=O) groups is 1. The molecule has 0 unspecified atom stereocenters. The number of nitrogens with zero attached hydrogens (tertiary/aromatic N) is 3. The van der Waals surface area contributed by atoms with Crippen LogP contribution in [0.2, 0.25) is 0 Å². The normalized spacial score (nSPS) is 13.4. The van der Waals surface area contributed by atoms with Crippen LogP contribution in [-0.4, -0.2) is 43.6 Å². The Kier molecular flexibility index (Phi) is 7.41. The number of nitro benzene ring substituents is 1. The minimum Gasteiger partial charge on any atom is -0.477 e. The molecule has 1 amide bonds. The molecule has 0 radical (unpaired) electrons. The number of piperazine rings is 1. The van der Waals surface area contributed by atoms with Crippen LogP contribution in [0.25, 0.3) is 0 Å². The summed E-state index contributed by atoms with van der Waals surface area (Å²) in [6, 6.07) is 12.2. The van der Waals surface area contributed by atoms with E-state index in [4.69, 9.17) is 4.74 Å². The Morgan fingerprint density at radius 3 is 1.97 bits per heavy atom. The number of para-hydroxylation sites is 2. The van der Waals surface area contributed by atoms with Crippen molar-refractivity contribution in [1.29, 1.82) is 0 Å². The smallest absolute Gasteiger partial charge is 0.310 e. The van der Waals surface area contributed by atoms with E-state index in [9.17, 15) is 36.9 Å². The third kappa shape index (κ3) is 5.39. The zero-order chi connectivity index (χ0) is 26.7. The van der Waals surface area contributed by atoms with Crippen LogP contribution in [0.1, 0.15) is 0 Å². The molecule has 1 N–H and O–H groups in total. The van der Waals surface area contributed by atoms with E-state index in [0.29, 0.717) is 11.4 Å². The first-order chi connectivity index (χ1) is 17.7. The molecule has 1 fully saturated rings. The number of amides is 1. The average Bonchev–Trinajstić information content (AvgIpc) is 2.91. The lowest BCUT2D eigenvalue weighted by Crippen LogP contribution is -2.47. The first kappa shape index (κ1) is 25.7. The minimum absolute atomic E-state index is 0.0137. The summed E-state index contributed by atoms with van der Waals surface area (Å²) >= 11 is 0. The van der Waals surface area contributed by atoms with Crippen molar-refractivity contribution in [1.82, 2.24) is 0 Å². The van der Waals surface area contributed by atoms with Crippen LogP contribution in [0.4, 0.5) is 44.7 Å². The fraction of sp³-hybridized carbons (Fsp3) is 0.208. The highest BCUT2D eigenvalue weighted by atomic mass is 19.2. The van der Waals surface area contributed by atoms with Crippen molar-refractivity contribution in [2.45, 2.75) is 0 Å². The predicted octanol–water partition coefficient (Wildman–Crippen LogP) is 4.63. The van der Waals surface area contributed by atoms with Gasteiger partial charge in [0, 0.05) is 43.6 Å². The molecular formula is C24H19F5N4O4. The number of nitro groups is 1. The molecule has 0 bridgehead atoms. The van der Waals surface area contributed by atoms with E-state index < -0.39 is 52.2 Å². The summed E-state index contributed by atoms with van der Waals surface area (Å²) in [6.45, 7) is 0.0651. The van der Waals surface area contributed by atoms with Gasteiger partial charge in [-0.25, -0.2) is 22.0 Å². The third-order valence-corrected chi connectivity index (χ3v) is 5.72. The lowest BCUT2D eigenvalue weighted by atomic mass is 10.2. The van der Waals surface area contributed by atoms with Gasteiger partial charge >= 0.3 is 5.69 Å². The number of halogens is 5. The number of anilines is 3. The fourth-order valence-corrected chi connectivity index (χ4v) is 3.89. The molecule has 1 aliphatic rings. The largest absolute Gasteiger partial charge is 0.477 e. The summed E-state index contributed by atoms with van der Waals surface area (Å²) in [7, 11) is 0. The topological polar surface area (TPSA) is 87.9 Å². The van der Waals surface area contributed by atoms with Gasteiger partial charge in [-0.1, -0.05) is 12.1 Å². The Morgan fingerprint density at radius 1 is 0.838 bits per heavy atom. The van der Waals surface area contributed by atoms with Crippen molar-refractivity contribution in [2.24, 2.45) is 0 Å². The first-order valence-corrected chi connectivity index (χ1v) is 10.9. The van der Waals surface area contributed by atoms with Crippen molar-refractivity contribution in [3.05, 3.63) is 87.7 Å². The van der Waals surface area contributed by atoms with Crippen LogP contribution < -0.4 is 19.9 Å². The maximum atomic E-state index is 14.1. The molecule has 0 saturated carbocycles. The van der Waals surface area contributed by atoms with Crippen molar-refractivity contribution >= 4 is 28.7 Å². The molecule has 3 aromatic rings. The van der Waals surface area contributed by atoms with Crippen molar-refractivity contribution < 1.29 is 36.4 Å². The van der Waals surface area contributed by atoms with Gasteiger partial charge < -0.3 is 19.9 Å². The van der Waals surface area contributed by atoms with E-state index in [2.05, 4.69) is 5.32 Å². The van der Waals surface area contributed by atoms with Crippen LogP contribution in [0.5, 0.6) is 5.75 Å². The molecule has 1 aliphatic heterocycles. The monoisotopic (exact) mass is 522 g/mol. The second kappa shape index (κ2) is 10.7. The van der Waals surface area contributed by atoms with Crippen LogP contribution in [0, 0.1) is 39.2 Å². The average molecular weight is 522 g/mol. The number of rotatable bonds is 7. The summed E-state index contributed by atoms with van der Waals surface area (Å²) < 4.78 is 73.9. The highest BCUT2D eigenvalue weighted by Crippen LogP contribution is 2.31. The van der Waals surface area contributed by atoms with Crippen molar-refractivity contribution in [2.75, 3.05) is 47.9 Å². The molecule has 194 valence electrons. The van der Waals surface area contributed by atoms with E-state index in [-0.39, 0.29) is 37.6 Å². The molecule has 13 heteroatoms. The number of ether oxygens (including phenoxy) is 1. The Labute approximate surface area is 207 Å². The standard InChI is InChI=1S/C24H19F5N4O4/c25-19-20(26)22(28)24(23(29)21(19)27)32-11-9-31(10-12-32)15-7-5-14(6-8-15)30-18(34)13-37-17-4-2-1-3-16(17)33(35)36/h1-8H,9-13H2,(H,30,34). The molecular weight excluding hydrogens is 503 g/mol. The molecule has 0 spiro atoms. The highest BCUT2D eigenvalue weighted by Gasteiger charge is 2.30. The SMILES string of the molecule is O=C(COc1ccccc1[N+](=O)[O-])Nc1ccc(N2CCN(c3c(F)c(F)c(F)c(F)c3F)CC2)cc1. The number of nitrogens with one attached hydrogen (secondary N) is 1. The minimum atomic E-state index is -2.20. The van der Waals surface area contributed by atoms with Crippen molar-refractivity contribution in [3.63, 3.8) is 0 Å². The van der Waals surface area contributed by atoms with Gasteiger partial charge in [0.25, 0.3) is 5.91 Å². The van der Waals surface area contributed by atoms with Gasteiger partial charge in [-0.2, -0.15) is 0 Å². The van der Waals surface area contributed by atoms with Gasteiger partial charge in [-0.3, -0.25) is 14.9 Å². The van der Waals surface area contributed by atoms with Crippen LogP contribution >= 0.6 is 0 Å². The number of benzene rings is 3. The van der Waals surface area contributed by atoms with E-state index in [1.165, 1.54) is 18.2 Å². The molecule has 4 rings (SSSR count). The van der Waals surface area contributed by atoms with Gasteiger partial charge in [0.1, 0.15) is 5.69 Å².